The van der Waals surface area contributed by atoms with Gasteiger partial charge in [0.1, 0.15) is 34.7 Å². The number of esters is 2. The molecule has 0 spiro atoms. The molecule has 0 aliphatic heterocycles. The van der Waals surface area contributed by atoms with Crippen LogP contribution in [0.5, 0.6) is 5.75 Å². The van der Waals surface area contributed by atoms with E-state index in [1.165, 1.54) is 42.7 Å². The van der Waals surface area contributed by atoms with Gasteiger partial charge in [0.2, 0.25) is 0 Å². The van der Waals surface area contributed by atoms with Crippen LogP contribution in [0.25, 0.3) is 0 Å². The summed E-state index contributed by atoms with van der Waals surface area (Å²) in [6.45, 7) is 1.89. The van der Waals surface area contributed by atoms with Gasteiger partial charge >= 0.3 is 11.9 Å². The van der Waals surface area contributed by atoms with Crippen LogP contribution < -0.4 is 4.74 Å². The maximum Gasteiger partial charge on any atom is 0.350 e. The Kier molecular flexibility index (Phi) is 6.56. The fraction of sp³-hybridized carbons (Fsp3) is 0.190. The van der Waals surface area contributed by atoms with E-state index in [1.807, 2.05) is 0 Å². The van der Waals surface area contributed by atoms with Crippen LogP contribution in [0, 0.1) is 12.7 Å². The van der Waals surface area contributed by atoms with Crippen LogP contribution in [0.3, 0.4) is 0 Å². The van der Waals surface area contributed by atoms with Crippen LogP contribution in [-0.4, -0.2) is 24.0 Å². The Morgan fingerprint density at radius 1 is 1.07 bits per heavy atom. The molecule has 0 aliphatic rings. The van der Waals surface area contributed by atoms with E-state index in [1.54, 1.807) is 31.2 Å². The van der Waals surface area contributed by atoms with Crippen molar-refractivity contribution in [2.24, 2.45) is 0 Å². The number of carbonyl (C=O) groups is 2. The average molecular weight is 415 g/mol. The Labute approximate surface area is 170 Å². The molecule has 3 rings (SSSR count). The van der Waals surface area contributed by atoms with Gasteiger partial charge in [0.15, 0.2) is 0 Å². The lowest BCUT2D eigenvalue weighted by Gasteiger charge is -2.05. The highest BCUT2D eigenvalue weighted by Crippen LogP contribution is 2.22. The molecule has 2 aromatic carbocycles. The van der Waals surface area contributed by atoms with Crippen molar-refractivity contribution in [2.75, 3.05) is 7.11 Å². The highest BCUT2D eigenvalue weighted by molar-refractivity contribution is 7.13. The van der Waals surface area contributed by atoms with Gasteiger partial charge in [0, 0.05) is 0 Å². The molecule has 0 radical (unpaired) electrons. The van der Waals surface area contributed by atoms with Crippen molar-refractivity contribution < 1.29 is 28.2 Å². The third-order valence-corrected chi connectivity index (χ3v) is 5.03. The first-order valence-electron chi connectivity index (χ1n) is 8.65. The van der Waals surface area contributed by atoms with Gasteiger partial charge in [0.05, 0.1) is 18.4 Å². The van der Waals surface area contributed by atoms with Crippen molar-refractivity contribution in [2.45, 2.75) is 20.1 Å². The highest BCUT2D eigenvalue weighted by Gasteiger charge is 2.17. The summed E-state index contributed by atoms with van der Waals surface area (Å²) in [4.78, 5) is 28.7. The van der Waals surface area contributed by atoms with Gasteiger partial charge < -0.3 is 14.2 Å². The Bertz CT molecular complexity index is 1020. The Morgan fingerprint density at radius 3 is 2.55 bits per heavy atom. The number of carbonyl (C=O) groups excluding carboxylic acids is 2. The molecule has 1 aromatic heterocycles. The largest absolute Gasteiger partial charge is 0.486 e. The SMILES string of the molecule is COC(=O)c1cccc(COC(=O)c2sc(COc3ccc(F)cc3)nc2C)c1. The van der Waals surface area contributed by atoms with Gasteiger partial charge in [-0.1, -0.05) is 12.1 Å². The van der Waals surface area contributed by atoms with E-state index in [0.29, 0.717) is 32.5 Å². The Balaban J connectivity index is 1.60. The van der Waals surface area contributed by atoms with E-state index in [0.717, 1.165) is 0 Å². The number of halogens is 1. The first-order chi connectivity index (χ1) is 14.0. The molecule has 0 saturated heterocycles. The molecule has 0 N–H and O–H groups in total. The summed E-state index contributed by atoms with van der Waals surface area (Å²) in [5.74, 6) is -0.794. The fourth-order valence-electron chi connectivity index (χ4n) is 2.50. The maximum atomic E-state index is 12.9. The Hall–Kier alpha value is -3.26. The maximum absolute atomic E-state index is 12.9. The van der Waals surface area contributed by atoms with Crippen LogP contribution in [0.1, 0.15) is 36.3 Å². The van der Waals surface area contributed by atoms with Gasteiger partial charge in [-0.3, -0.25) is 0 Å². The molecule has 150 valence electrons. The molecule has 0 aliphatic carbocycles. The molecule has 0 amide bonds. The minimum atomic E-state index is -0.503. The second-order valence-electron chi connectivity index (χ2n) is 6.03. The second kappa shape index (κ2) is 9.29. The van der Waals surface area contributed by atoms with E-state index in [9.17, 15) is 14.0 Å². The normalized spacial score (nSPS) is 10.4. The number of methoxy groups -OCH3 is 1. The molecule has 3 aromatic rings. The number of ether oxygens (including phenoxy) is 3. The minimum Gasteiger partial charge on any atom is -0.486 e. The first kappa shape index (κ1) is 20.5. The van der Waals surface area contributed by atoms with Crippen molar-refractivity contribution in [3.8, 4) is 5.75 Å². The number of benzene rings is 2. The van der Waals surface area contributed by atoms with Crippen molar-refractivity contribution in [3.63, 3.8) is 0 Å². The monoisotopic (exact) mass is 415 g/mol. The van der Waals surface area contributed by atoms with Gasteiger partial charge in [-0.05, 0) is 48.9 Å². The van der Waals surface area contributed by atoms with Crippen molar-refractivity contribution in [3.05, 3.63) is 81.1 Å². The molecule has 6 nitrogen and oxygen atoms in total. The molecule has 29 heavy (non-hydrogen) atoms. The zero-order valence-electron chi connectivity index (χ0n) is 15.8. The van der Waals surface area contributed by atoms with Crippen LogP contribution in [0.15, 0.2) is 48.5 Å². The molecule has 0 unspecified atom stereocenters. The molecular weight excluding hydrogens is 397 g/mol. The Morgan fingerprint density at radius 2 is 1.83 bits per heavy atom. The zero-order chi connectivity index (χ0) is 20.8. The summed E-state index contributed by atoms with van der Waals surface area (Å²) in [5, 5.41) is 0.603. The van der Waals surface area contributed by atoms with E-state index < -0.39 is 11.9 Å². The topological polar surface area (TPSA) is 74.7 Å². The minimum absolute atomic E-state index is 0.0163. The van der Waals surface area contributed by atoms with Gasteiger partial charge in [-0.25, -0.2) is 19.0 Å². The summed E-state index contributed by atoms with van der Waals surface area (Å²) in [6.07, 6.45) is 0. The number of hydrogen-bond donors (Lipinski definition) is 0. The van der Waals surface area contributed by atoms with Crippen LogP contribution in [0.4, 0.5) is 4.39 Å². The van der Waals surface area contributed by atoms with Crippen LogP contribution >= 0.6 is 11.3 Å². The predicted octanol–water partition coefficient (Wildman–Crippen LogP) is 4.31. The third kappa shape index (κ3) is 5.39. The number of aromatic nitrogens is 1. The van der Waals surface area contributed by atoms with Crippen LogP contribution in [-0.2, 0) is 22.7 Å². The summed E-state index contributed by atoms with van der Waals surface area (Å²) in [5.41, 5.74) is 1.60. The standard InChI is InChI=1S/C21H18FNO5S/c1-13-19(29-18(23-13)12-27-17-8-6-16(22)7-9-17)21(25)28-11-14-4-3-5-15(10-14)20(24)26-2/h3-10H,11-12H2,1-2H3. The number of aryl methyl sites for hydroxylation is 1. The first-order valence-corrected chi connectivity index (χ1v) is 9.47. The zero-order valence-corrected chi connectivity index (χ0v) is 16.6. The van der Waals surface area contributed by atoms with Gasteiger partial charge in [-0.15, -0.1) is 11.3 Å². The molecule has 8 heteroatoms. The molecular formula is C21H18FNO5S. The van der Waals surface area contributed by atoms with Crippen molar-refractivity contribution in [1.29, 1.82) is 0 Å². The predicted molar refractivity (Wildman–Crippen MR) is 104 cm³/mol. The molecule has 0 saturated carbocycles. The van der Waals surface area contributed by atoms with E-state index in [-0.39, 0.29) is 19.0 Å². The van der Waals surface area contributed by atoms with E-state index >= 15 is 0 Å². The van der Waals surface area contributed by atoms with E-state index in [4.69, 9.17) is 9.47 Å². The molecule has 0 atom stereocenters. The smallest absolute Gasteiger partial charge is 0.350 e. The summed E-state index contributed by atoms with van der Waals surface area (Å²) in [6, 6.07) is 12.3. The number of thiazole rings is 1. The molecule has 0 bridgehead atoms. The third-order valence-electron chi connectivity index (χ3n) is 3.92. The molecule has 0 fully saturated rings. The highest BCUT2D eigenvalue weighted by atomic mass is 32.1. The second-order valence-corrected chi connectivity index (χ2v) is 7.12. The fourth-order valence-corrected chi connectivity index (χ4v) is 3.37. The number of rotatable bonds is 7. The van der Waals surface area contributed by atoms with Gasteiger partial charge in [-0.2, -0.15) is 0 Å². The van der Waals surface area contributed by atoms with Crippen molar-refractivity contribution >= 4 is 23.3 Å². The number of hydrogen-bond acceptors (Lipinski definition) is 7. The van der Waals surface area contributed by atoms with Crippen molar-refractivity contribution in [1.82, 2.24) is 4.98 Å². The summed E-state index contributed by atoms with van der Waals surface area (Å²) < 4.78 is 28.5. The van der Waals surface area contributed by atoms with Gasteiger partial charge in [0.25, 0.3) is 0 Å². The van der Waals surface area contributed by atoms with Crippen LogP contribution in [0.2, 0.25) is 0 Å². The average Bonchev–Trinajstić information content (AvgIpc) is 3.12. The summed E-state index contributed by atoms with van der Waals surface area (Å²) in [7, 11) is 1.30. The molecule has 1 heterocycles. The number of nitrogens with zero attached hydrogens (tertiary/aromatic N) is 1. The lowest BCUT2D eigenvalue weighted by Crippen LogP contribution is -2.06. The summed E-state index contributed by atoms with van der Waals surface area (Å²) >= 11 is 1.18. The lowest BCUT2D eigenvalue weighted by molar-refractivity contribution is 0.0477. The van der Waals surface area contributed by atoms with E-state index in [2.05, 4.69) is 9.72 Å². The quantitative estimate of drug-likeness (QED) is 0.535. The lowest BCUT2D eigenvalue weighted by atomic mass is 10.1.